The molecule has 0 aliphatic carbocycles. The van der Waals surface area contributed by atoms with Crippen LogP contribution < -0.4 is 5.32 Å². The SMILES string of the molecule is Cc1cc(Br)ccc1Nc1nc(Cl)ncc1Cl. The number of nitrogens with one attached hydrogen (secondary N) is 1. The Bertz CT molecular complexity index is 560. The zero-order valence-corrected chi connectivity index (χ0v) is 11.9. The Kier molecular flexibility index (Phi) is 3.86. The van der Waals surface area contributed by atoms with Gasteiger partial charge in [-0.3, -0.25) is 0 Å². The van der Waals surface area contributed by atoms with Gasteiger partial charge in [0.05, 0.1) is 6.20 Å². The Morgan fingerprint density at radius 2 is 2.06 bits per heavy atom. The number of halogens is 3. The minimum atomic E-state index is 0.159. The van der Waals surface area contributed by atoms with Crippen LogP contribution in [0.4, 0.5) is 11.5 Å². The molecule has 0 bridgehead atoms. The van der Waals surface area contributed by atoms with Gasteiger partial charge in [0.25, 0.3) is 0 Å². The Morgan fingerprint density at radius 1 is 1.29 bits per heavy atom. The van der Waals surface area contributed by atoms with Crippen molar-refractivity contribution in [2.75, 3.05) is 5.32 Å². The van der Waals surface area contributed by atoms with E-state index < -0.39 is 0 Å². The van der Waals surface area contributed by atoms with Crippen LogP contribution in [-0.4, -0.2) is 9.97 Å². The van der Waals surface area contributed by atoms with Gasteiger partial charge in [0.2, 0.25) is 5.28 Å². The fourth-order valence-electron chi connectivity index (χ4n) is 1.33. The lowest BCUT2D eigenvalue weighted by Gasteiger charge is -2.10. The largest absolute Gasteiger partial charge is 0.339 e. The highest BCUT2D eigenvalue weighted by Gasteiger charge is 2.06. The van der Waals surface area contributed by atoms with E-state index in [1.165, 1.54) is 6.20 Å². The molecule has 0 aliphatic rings. The summed E-state index contributed by atoms with van der Waals surface area (Å²) >= 11 is 15.1. The van der Waals surface area contributed by atoms with E-state index in [0.29, 0.717) is 10.8 Å². The summed E-state index contributed by atoms with van der Waals surface area (Å²) in [7, 11) is 0. The number of hydrogen-bond donors (Lipinski definition) is 1. The molecule has 3 nitrogen and oxygen atoms in total. The molecule has 88 valence electrons. The summed E-state index contributed by atoms with van der Waals surface area (Å²) in [5.41, 5.74) is 2.00. The van der Waals surface area contributed by atoms with Crippen LogP contribution in [0.1, 0.15) is 5.56 Å². The summed E-state index contributed by atoms with van der Waals surface area (Å²) in [6, 6.07) is 5.87. The van der Waals surface area contributed by atoms with E-state index in [1.807, 2.05) is 25.1 Å². The fourth-order valence-corrected chi connectivity index (χ4v) is 2.08. The van der Waals surface area contributed by atoms with Gasteiger partial charge in [-0.2, -0.15) is 4.98 Å². The predicted molar refractivity (Wildman–Crippen MR) is 74.2 cm³/mol. The minimum Gasteiger partial charge on any atom is -0.339 e. The zero-order valence-electron chi connectivity index (χ0n) is 8.84. The predicted octanol–water partition coefficient (Wildman–Crippen LogP) is 4.60. The van der Waals surface area contributed by atoms with Gasteiger partial charge in [-0.1, -0.05) is 27.5 Å². The second-order valence-electron chi connectivity index (χ2n) is 3.42. The fraction of sp³-hybridized carbons (Fsp3) is 0.0909. The molecule has 6 heteroatoms. The van der Waals surface area contributed by atoms with Crippen molar-refractivity contribution in [3.05, 3.63) is 44.7 Å². The quantitative estimate of drug-likeness (QED) is 0.817. The van der Waals surface area contributed by atoms with Crippen LogP contribution in [0, 0.1) is 6.92 Å². The molecular formula is C11H8BrCl2N3. The Hall–Kier alpha value is -0.840. The summed E-state index contributed by atoms with van der Waals surface area (Å²) in [4.78, 5) is 7.82. The molecule has 0 unspecified atom stereocenters. The van der Waals surface area contributed by atoms with Gasteiger partial charge >= 0.3 is 0 Å². The summed E-state index contributed by atoms with van der Waals surface area (Å²) in [5.74, 6) is 0.497. The van der Waals surface area contributed by atoms with Gasteiger partial charge in [-0.25, -0.2) is 4.98 Å². The number of rotatable bonds is 2. The highest BCUT2D eigenvalue weighted by molar-refractivity contribution is 9.10. The topological polar surface area (TPSA) is 37.8 Å². The van der Waals surface area contributed by atoms with Gasteiger partial charge < -0.3 is 5.32 Å². The first-order valence-electron chi connectivity index (χ1n) is 4.77. The second kappa shape index (κ2) is 5.21. The van der Waals surface area contributed by atoms with Crippen molar-refractivity contribution in [2.45, 2.75) is 6.92 Å². The number of nitrogens with zero attached hydrogens (tertiary/aromatic N) is 2. The molecule has 17 heavy (non-hydrogen) atoms. The molecule has 1 aromatic heterocycles. The summed E-state index contributed by atoms with van der Waals surface area (Å²) in [6.45, 7) is 1.99. The lowest BCUT2D eigenvalue weighted by molar-refractivity contribution is 1.16. The highest BCUT2D eigenvalue weighted by Crippen LogP contribution is 2.27. The molecule has 1 heterocycles. The zero-order chi connectivity index (χ0) is 12.4. The summed E-state index contributed by atoms with van der Waals surface area (Å²) < 4.78 is 1.02. The standard InChI is InChI=1S/C11H8BrCl2N3/c1-6-4-7(12)2-3-9(6)16-10-8(13)5-15-11(14)17-10/h2-5H,1H3,(H,15,16,17). The van der Waals surface area contributed by atoms with Crippen molar-refractivity contribution in [1.82, 2.24) is 9.97 Å². The third kappa shape index (κ3) is 3.09. The molecule has 0 aliphatic heterocycles. The normalized spacial score (nSPS) is 10.4. The van der Waals surface area contributed by atoms with E-state index in [0.717, 1.165) is 15.7 Å². The molecule has 0 saturated carbocycles. The van der Waals surface area contributed by atoms with Crippen molar-refractivity contribution in [1.29, 1.82) is 0 Å². The third-order valence-electron chi connectivity index (χ3n) is 2.16. The first-order chi connectivity index (χ1) is 8.06. The van der Waals surface area contributed by atoms with E-state index in [-0.39, 0.29) is 5.28 Å². The molecule has 0 spiro atoms. The average Bonchev–Trinajstić information content (AvgIpc) is 2.27. The summed E-state index contributed by atoms with van der Waals surface area (Å²) in [5, 5.41) is 3.71. The molecule has 0 atom stereocenters. The van der Waals surface area contributed by atoms with Crippen molar-refractivity contribution in [3.63, 3.8) is 0 Å². The molecule has 1 aromatic carbocycles. The number of aryl methyl sites for hydroxylation is 1. The maximum absolute atomic E-state index is 5.97. The monoisotopic (exact) mass is 331 g/mol. The lowest BCUT2D eigenvalue weighted by atomic mass is 10.2. The minimum absolute atomic E-state index is 0.159. The maximum atomic E-state index is 5.97. The maximum Gasteiger partial charge on any atom is 0.224 e. The van der Waals surface area contributed by atoms with Gasteiger partial charge in [-0.15, -0.1) is 0 Å². The summed E-state index contributed by atoms with van der Waals surface area (Å²) in [6.07, 6.45) is 1.47. The van der Waals surface area contributed by atoms with Crippen molar-refractivity contribution in [3.8, 4) is 0 Å². The van der Waals surface area contributed by atoms with Gasteiger partial charge in [0.1, 0.15) is 5.02 Å². The Morgan fingerprint density at radius 3 is 2.76 bits per heavy atom. The van der Waals surface area contributed by atoms with E-state index in [2.05, 4.69) is 31.2 Å². The first-order valence-corrected chi connectivity index (χ1v) is 6.32. The lowest BCUT2D eigenvalue weighted by Crippen LogP contribution is -1.97. The highest BCUT2D eigenvalue weighted by atomic mass is 79.9. The molecule has 2 aromatic rings. The van der Waals surface area contributed by atoms with E-state index >= 15 is 0 Å². The number of aromatic nitrogens is 2. The molecule has 0 saturated heterocycles. The first kappa shape index (κ1) is 12.6. The molecule has 0 fully saturated rings. The van der Waals surface area contributed by atoms with Crippen molar-refractivity contribution < 1.29 is 0 Å². The van der Waals surface area contributed by atoms with Crippen LogP contribution in [0.5, 0.6) is 0 Å². The van der Waals surface area contributed by atoms with Crippen molar-refractivity contribution in [2.24, 2.45) is 0 Å². The van der Waals surface area contributed by atoms with Crippen LogP contribution in [0.25, 0.3) is 0 Å². The molecule has 1 N–H and O–H groups in total. The van der Waals surface area contributed by atoms with E-state index in [4.69, 9.17) is 23.2 Å². The van der Waals surface area contributed by atoms with E-state index in [9.17, 15) is 0 Å². The van der Waals surface area contributed by atoms with Crippen LogP contribution in [0.2, 0.25) is 10.3 Å². The smallest absolute Gasteiger partial charge is 0.224 e. The molecular weight excluding hydrogens is 325 g/mol. The van der Waals surface area contributed by atoms with Crippen LogP contribution in [0.15, 0.2) is 28.9 Å². The Balaban J connectivity index is 2.34. The van der Waals surface area contributed by atoms with Crippen LogP contribution in [-0.2, 0) is 0 Å². The Labute approximate surface area is 117 Å². The second-order valence-corrected chi connectivity index (χ2v) is 5.08. The van der Waals surface area contributed by atoms with Gasteiger partial charge in [-0.05, 0) is 42.3 Å². The van der Waals surface area contributed by atoms with Crippen LogP contribution >= 0.6 is 39.1 Å². The molecule has 0 radical (unpaired) electrons. The molecule has 0 amide bonds. The number of benzene rings is 1. The average molecular weight is 333 g/mol. The third-order valence-corrected chi connectivity index (χ3v) is 3.11. The molecule has 2 rings (SSSR count). The van der Waals surface area contributed by atoms with Crippen molar-refractivity contribution >= 4 is 50.6 Å². The van der Waals surface area contributed by atoms with E-state index in [1.54, 1.807) is 0 Å². The van der Waals surface area contributed by atoms with Gasteiger partial charge in [0.15, 0.2) is 5.82 Å². The van der Waals surface area contributed by atoms with Gasteiger partial charge in [0, 0.05) is 10.2 Å². The number of anilines is 2. The van der Waals surface area contributed by atoms with Crippen LogP contribution in [0.3, 0.4) is 0 Å². The number of hydrogen-bond acceptors (Lipinski definition) is 3.